The van der Waals surface area contributed by atoms with Gasteiger partial charge in [-0.05, 0) is 32.2 Å². The summed E-state index contributed by atoms with van der Waals surface area (Å²) in [6, 6.07) is 0.374. The van der Waals surface area contributed by atoms with Gasteiger partial charge in [-0.2, -0.15) is 0 Å². The van der Waals surface area contributed by atoms with E-state index < -0.39 is 9.84 Å². The molecule has 5 nitrogen and oxygen atoms in total. The van der Waals surface area contributed by atoms with Crippen molar-refractivity contribution in [3.8, 4) is 0 Å². The second kappa shape index (κ2) is 7.24. The molecular weight excluding hydrogens is 264 g/mol. The van der Waals surface area contributed by atoms with E-state index in [1.165, 1.54) is 0 Å². The van der Waals surface area contributed by atoms with Crippen molar-refractivity contribution in [2.24, 2.45) is 5.92 Å². The van der Waals surface area contributed by atoms with Crippen LogP contribution in [0.3, 0.4) is 0 Å². The van der Waals surface area contributed by atoms with Crippen molar-refractivity contribution >= 4 is 15.7 Å². The Morgan fingerprint density at radius 1 is 1.42 bits per heavy atom. The minimum Gasteiger partial charge on any atom is -0.352 e. The fraction of sp³-hybridized carbons (Fsp3) is 0.923. The van der Waals surface area contributed by atoms with Gasteiger partial charge in [-0.15, -0.1) is 0 Å². The number of nitrogens with one attached hydrogen (secondary N) is 2. The topological polar surface area (TPSA) is 75.3 Å². The minimum atomic E-state index is -3.11. The molecule has 1 aliphatic heterocycles. The fourth-order valence-electron chi connectivity index (χ4n) is 2.36. The van der Waals surface area contributed by atoms with E-state index >= 15 is 0 Å². The second-order valence-electron chi connectivity index (χ2n) is 5.82. The number of hydrogen-bond acceptors (Lipinski definition) is 4. The number of hydrogen-bond donors (Lipinski definition) is 2. The highest BCUT2D eigenvalue weighted by Gasteiger charge is 2.23. The van der Waals surface area contributed by atoms with Gasteiger partial charge in [0.15, 0.2) is 9.84 Å². The quantitative estimate of drug-likeness (QED) is 0.755. The molecule has 0 aliphatic carbocycles. The van der Waals surface area contributed by atoms with Crippen molar-refractivity contribution in [2.75, 3.05) is 18.1 Å². The molecule has 0 saturated carbocycles. The van der Waals surface area contributed by atoms with Gasteiger partial charge in [0.2, 0.25) is 5.91 Å². The maximum Gasteiger partial charge on any atom is 0.221 e. The maximum atomic E-state index is 11.8. The number of amides is 1. The number of carbonyl (C=O) groups is 1. The van der Waals surface area contributed by atoms with Crippen molar-refractivity contribution in [3.63, 3.8) is 0 Å². The molecule has 0 aromatic heterocycles. The molecule has 2 N–H and O–H groups in total. The molecule has 2 atom stereocenters. The van der Waals surface area contributed by atoms with Crippen LogP contribution < -0.4 is 10.6 Å². The zero-order valence-electron chi connectivity index (χ0n) is 12.1. The predicted molar refractivity (Wildman–Crippen MR) is 76.7 cm³/mol. The Morgan fingerprint density at radius 3 is 2.68 bits per heavy atom. The highest BCUT2D eigenvalue weighted by molar-refractivity contribution is 7.91. The second-order valence-corrected chi connectivity index (χ2v) is 8.05. The molecule has 19 heavy (non-hydrogen) atoms. The van der Waals surface area contributed by atoms with Gasteiger partial charge in [-0.1, -0.05) is 13.8 Å². The Balaban J connectivity index is 2.35. The molecule has 6 heteroatoms. The molecule has 112 valence electrons. The minimum absolute atomic E-state index is 0.0501. The van der Waals surface area contributed by atoms with Crippen LogP contribution >= 0.6 is 0 Å². The summed E-state index contributed by atoms with van der Waals surface area (Å²) in [5.41, 5.74) is 0. The zero-order chi connectivity index (χ0) is 14.5. The molecule has 2 unspecified atom stereocenters. The maximum absolute atomic E-state index is 11.8. The molecule has 1 amide bonds. The summed E-state index contributed by atoms with van der Waals surface area (Å²) in [6.07, 6.45) is 2.07. The summed E-state index contributed by atoms with van der Waals surface area (Å²) in [7, 11) is -3.11. The zero-order valence-corrected chi connectivity index (χ0v) is 12.9. The van der Waals surface area contributed by atoms with Gasteiger partial charge in [0, 0.05) is 18.5 Å². The van der Waals surface area contributed by atoms with Gasteiger partial charge in [0.05, 0.1) is 11.5 Å². The molecule has 0 aromatic rings. The van der Waals surface area contributed by atoms with Crippen LogP contribution in [0.2, 0.25) is 0 Å². The van der Waals surface area contributed by atoms with Crippen LogP contribution in [0.15, 0.2) is 0 Å². The van der Waals surface area contributed by atoms with Crippen LogP contribution in [0, 0.1) is 5.92 Å². The fourth-order valence-corrected chi connectivity index (χ4v) is 4.04. The third kappa shape index (κ3) is 6.38. The Labute approximate surface area is 116 Å². The number of rotatable bonds is 6. The Morgan fingerprint density at radius 2 is 2.11 bits per heavy atom. The number of sulfone groups is 1. The van der Waals surface area contributed by atoms with E-state index in [2.05, 4.69) is 10.6 Å². The molecule has 1 saturated heterocycles. The number of carbonyl (C=O) groups excluding carboxylic acids is 1. The smallest absolute Gasteiger partial charge is 0.221 e. The Bertz CT molecular complexity index is 393. The first-order valence-corrected chi connectivity index (χ1v) is 8.85. The third-order valence-electron chi connectivity index (χ3n) is 3.34. The van der Waals surface area contributed by atoms with Crippen molar-refractivity contribution in [1.29, 1.82) is 0 Å². The van der Waals surface area contributed by atoms with E-state index in [-0.39, 0.29) is 41.8 Å². The average molecular weight is 290 g/mol. The molecule has 0 bridgehead atoms. The van der Waals surface area contributed by atoms with Gasteiger partial charge in [0.1, 0.15) is 0 Å². The van der Waals surface area contributed by atoms with Gasteiger partial charge >= 0.3 is 0 Å². The van der Waals surface area contributed by atoms with E-state index in [1.54, 1.807) is 0 Å². The van der Waals surface area contributed by atoms with Crippen LogP contribution in [-0.2, 0) is 14.6 Å². The summed E-state index contributed by atoms with van der Waals surface area (Å²) >= 11 is 0. The van der Waals surface area contributed by atoms with Gasteiger partial charge in [-0.25, -0.2) is 8.42 Å². The van der Waals surface area contributed by atoms with Crippen LogP contribution in [0.1, 0.15) is 40.0 Å². The van der Waals surface area contributed by atoms with Crippen LogP contribution in [0.5, 0.6) is 0 Å². The summed E-state index contributed by atoms with van der Waals surface area (Å²) in [5.74, 6) is 0.0521. The molecular formula is C13H26N2O3S. The molecule has 1 heterocycles. The van der Waals surface area contributed by atoms with E-state index in [4.69, 9.17) is 0 Å². The molecule has 1 rings (SSSR count). The van der Waals surface area contributed by atoms with Crippen LogP contribution in [-0.4, -0.2) is 44.5 Å². The van der Waals surface area contributed by atoms with E-state index in [9.17, 15) is 13.2 Å². The lowest BCUT2D eigenvalue weighted by Crippen LogP contribution is -2.52. The van der Waals surface area contributed by atoms with Gasteiger partial charge in [-0.3, -0.25) is 4.79 Å². The summed E-state index contributed by atoms with van der Waals surface area (Å²) in [6.45, 7) is 6.76. The predicted octanol–water partition coefficient (Wildman–Crippen LogP) is 0.704. The largest absolute Gasteiger partial charge is 0.352 e. The number of piperidine rings is 1. The molecule has 0 radical (unpaired) electrons. The van der Waals surface area contributed by atoms with Gasteiger partial charge < -0.3 is 10.6 Å². The highest BCUT2D eigenvalue weighted by Crippen LogP contribution is 2.09. The Kier molecular flexibility index (Phi) is 6.26. The van der Waals surface area contributed by atoms with Crippen molar-refractivity contribution in [2.45, 2.75) is 52.1 Å². The average Bonchev–Trinajstić information content (AvgIpc) is 2.28. The lowest BCUT2D eigenvalue weighted by molar-refractivity contribution is -0.121. The summed E-state index contributed by atoms with van der Waals surface area (Å²) < 4.78 is 23.4. The lowest BCUT2D eigenvalue weighted by atomic mass is 10.00. The molecule has 1 aliphatic rings. The van der Waals surface area contributed by atoms with Crippen molar-refractivity contribution < 1.29 is 13.2 Å². The monoisotopic (exact) mass is 290 g/mol. The summed E-state index contributed by atoms with van der Waals surface area (Å²) in [4.78, 5) is 11.8. The van der Waals surface area contributed by atoms with Gasteiger partial charge in [0.25, 0.3) is 0 Å². The van der Waals surface area contributed by atoms with E-state index in [1.807, 2.05) is 20.8 Å². The first-order chi connectivity index (χ1) is 8.80. The molecule has 0 aromatic carbocycles. The third-order valence-corrected chi connectivity index (χ3v) is 5.34. The highest BCUT2D eigenvalue weighted by atomic mass is 32.2. The first kappa shape index (κ1) is 16.4. The standard InChI is InChI=1S/C13H26N2O3S/c1-10(2)9-19(17,18)8-6-13(16)15-12-5-4-7-14-11(12)3/h10-12,14H,4-9H2,1-3H3,(H,15,16). The van der Waals surface area contributed by atoms with Crippen LogP contribution in [0.4, 0.5) is 0 Å². The van der Waals surface area contributed by atoms with E-state index in [0.717, 1.165) is 19.4 Å². The molecule has 0 spiro atoms. The normalized spacial score (nSPS) is 24.4. The van der Waals surface area contributed by atoms with Crippen LogP contribution in [0.25, 0.3) is 0 Å². The molecule has 1 fully saturated rings. The summed E-state index contributed by atoms with van der Waals surface area (Å²) in [5, 5.41) is 6.23. The lowest BCUT2D eigenvalue weighted by Gasteiger charge is -2.30. The van der Waals surface area contributed by atoms with Crippen molar-refractivity contribution in [1.82, 2.24) is 10.6 Å². The Hall–Kier alpha value is -0.620. The van der Waals surface area contributed by atoms with E-state index in [0.29, 0.717) is 0 Å². The SMILES string of the molecule is CC(C)CS(=O)(=O)CCC(=O)NC1CCCNC1C. The van der Waals surface area contributed by atoms with Crippen molar-refractivity contribution in [3.05, 3.63) is 0 Å². The first-order valence-electron chi connectivity index (χ1n) is 7.03.